The molecule has 2 aromatic carbocycles. The predicted molar refractivity (Wildman–Crippen MR) is 121 cm³/mol. The minimum absolute atomic E-state index is 0.00618. The fourth-order valence-electron chi connectivity index (χ4n) is 3.74. The molecule has 2 aromatic rings. The predicted octanol–water partition coefficient (Wildman–Crippen LogP) is 3.08. The lowest BCUT2D eigenvalue weighted by Gasteiger charge is -2.32. The van der Waals surface area contributed by atoms with E-state index < -0.39 is 10.0 Å². The normalized spacial score (nSPS) is 16.9. The van der Waals surface area contributed by atoms with Gasteiger partial charge < -0.3 is 19.5 Å². The number of methoxy groups -OCH3 is 2. The molecule has 0 aliphatic carbocycles. The minimum atomic E-state index is -3.79. The number of amides is 1. The number of nitrogens with one attached hydrogen (secondary N) is 1. The van der Waals surface area contributed by atoms with E-state index in [1.807, 2.05) is 19.1 Å². The van der Waals surface area contributed by atoms with Crippen LogP contribution < -0.4 is 19.5 Å². The monoisotopic (exact) mass is 462 g/mol. The highest BCUT2D eigenvalue weighted by Gasteiger charge is 2.33. The summed E-state index contributed by atoms with van der Waals surface area (Å²) in [6, 6.07) is 11.6. The summed E-state index contributed by atoms with van der Waals surface area (Å²) < 4.78 is 44.3. The quantitative estimate of drug-likeness (QED) is 0.576. The molecule has 1 heterocycles. The number of carbonyl (C=O) groups is 1. The number of rotatable bonds is 9. The number of sulfonamides is 1. The van der Waals surface area contributed by atoms with Gasteiger partial charge in [0.2, 0.25) is 10.0 Å². The molecule has 0 saturated carbocycles. The zero-order chi connectivity index (χ0) is 23.1. The van der Waals surface area contributed by atoms with Gasteiger partial charge in [0.15, 0.2) is 11.5 Å². The van der Waals surface area contributed by atoms with Crippen molar-refractivity contribution in [2.45, 2.75) is 37.1 Å². The Morgan fingerprint density at radius 3 is 2.47 bits per heavy atom. The molecule has 9 heteroatoms. The van der Waals surface area contributed by atoms with Crippen LogP contribution in [0.15, 0.2) is 47.4 Å². The molecule has 1 fully saturated rings. The van der Waals surface area contributed by atoms with Gasteiger partial charge in [-0.2, -0.15) is 4.31 Å². The molecule has 3 rings (SSSR count). The molecule has 0 aromatic heterocycles. The summed E-state index contributed by atoms with van der Waals surface area (Å²) in [7, 11) is -0.810. The maximum Gasteiger partial charge on any atom is 0.251 e. The largest absolute Gasteiger partial charge is 0.495 e. The maximum absolute atomic E-state index is 13.3. The second-order valence-corrected chi connectivity index (χ2v) is 9.44. The van der Waals surface area contributed by atoms with Crippen molar-refractivity contribution in [1.29, 1.82) is 0 Å². The van der Waals surface area contributed by atoms with Crippen molar-refractivity contribution in [3.05, 3.63) is 48.0 Å². The molecule has 1 N–H and O–H groups in total. The third-order valence-electron chi connectivity index (χ3n) is 5.47. The van der Waals surface area contributed by atoms with Crippen molar-refractivity contribution in [2.75, 3.05) is 33.9 Å². The van der Waals surface area contributed by atoms with Gasteiger partial charge in [0.25, 0.3) is 5.91 Å². The van der Waals surface area contributed by atoms with Crippen molar-refractivity contribution >= 4 is 15.9 Å². The molecular formula is C23H30N2O6S. The molecule has 1 saturated heterocycles. The fourth-order valence-corrected chi connectivity index (χ4v) is 5.62. The number of nitrogens with zero attached hydrogens (tertiary/aromatic N) is 1. The van der Waals surface area contributed by atoms with Gasteiger partial charge in [0.1, 0.15) is 17.3 Å². The van der Waals surface area contributed by atoms with Gasteiger partial charge in [0, 0.05) is 18.2 Å². The summed E-state index contributed by atoms with van der Waals surface area (Å²) in [5.74, 6) is 1.02. The topological polar surface area (TPSA) is 94.2 Å². The number of ether oxygens (including phenoxy) is 3. The molecule has 0 bridgehead atoms. The van der Waals surface area contributed by atoms with Crippen LogP contribution in [-0.4, -0.2) is 58.6 Å². The number of hydrogen-bond donors (Lipinski definition) is 1. The standard InChI is InChI=1S/C23H30N2O6S/c1-17-8-6-7-14-25(17)32(27,28)22-16-18(11-12-21(22)30-3)23(26)24-13-15-31-20-10-5-4-9-19(20)29-2/h4-5,9-12,16-17H,6-8,13-15H2,1-3H3,(H,24,26). The number of benzene rings is 2. The van der Waals surface area contributed by atoms with Crippen LogP contribution in [0.2, 0.25) is 0 Å². The van der Waals surface area contributed by atoms with E-state index in [2.05, 4.69) is 5.32 Å². The minimum Gasteiger partial charge on any atom is -0.495 e. The lowest BCUT2D eigenvalue weighted by molar-refractivity contribution is 0.0946. The summed E-state index contributed by atoms with van der Waals surface area (Å²) in [4.78, 5) is 12.7. The van der Waals surface area contributed by atoms with Gasteiger partial charge in [-0.3, -0.25) is 4.79 Å². The van der Waals surface area contributed by atoms with Crippen molar-refractivity contribution in [2.24, 2.45) is 0 Å². The van der Waals surface area contributed by atoms with Crippen LogP contribution >= 0.6 is 0 Å². The Morgan fingerprint density at radius 1 is 1.06 bits per heavy atom. The van der Waals surface area contributed by atoms with Crippen molar-refractivity contribution in [3.63, 3.8) is 0 Å². The third-order valence-corrected chi connectivity index (χ3v) is 7.50. The van der Waals surface area contributed by atoms with E-state index in [1.54, 1.807) is 25.3 Å². The maximum atomic E-state index is 13.3. The highest BCUT2D eigenvalue weighted by Crippen LogP contribution is 2.31. The van der Waals surface area contributed by atoms with E-state index in [4.69, 9.17) is 14.2 Å². The van der Waals surface area contributed by atoms with Crippen LogP contribution in [0, 0.1) is 0 Å². The van der Waals surface area contributed by atoms with Gasteiger partial charge >= 0.3 is 0 Å². The summed E-state index contributed by atoms with van der Waals surface area (Å²) in [6.07, 6.45) is 2.63. The summed E-state index contributed by atoms with van der Waals surface area (Å²) in [6.45, 7) is 2.84. The summed E-state index contributed by atoms with van der Waals surface area (Å²) in [5.41, 5.74) is 0.242. The van der Waals surface area contributed by atoms with Gasteiger partial charge in [-0.25, -0.2) is 8.42 Å². The van der Waals surface area contributed by atoms with Crippen molar-refractivity contribution in [1.82, 2.24) is 9.62 Å². The second kappa shape index (κ2) is 10.7. The molecule has 1 aliphatic rings. The van der Waals surface area contributed by atoms with E-state index >= 15 is 0 Å². The van der Waals surface area contributed by atoms with E-state index in [9.17, 15) is 13.2 Å². The molecule has 0 radical (unpaired) electrons. The molecule has 0 spiro atoms. The summed E-state index contributed by atoms with van der Waals surface area (Å²) in [5, 5.41) is 2.76. The second-order valence-electron chi connectivity index (χ2n) is 7.58. The first-order valence-electron chi connectivity index (χ1n) is 10.6. The van der Waals surface area contributed by atoms with E-state index in [0.717, 1.165) is 19.3 Å². The van der Waals surface area contributed by atoms with Crippen molar-refractivity contribution < 1.29 is 27.4 Å². The average Bonchev–Trinajstić information content (AvgIpc) is 2.81. The first kappa shape index (κ1) is 23.9. The fraction of sp³-hybridized carbons (Fsp3) is 0.435. The van der Waals surface area contributed by atoms with E-state index in [0.29, 0.717) is 18.0 Å². The van der Waals surface area contributed by atoms with Crippen LogP contribution in [0.3, 0.4) is 0 Å². The molecule has 1 atom stereocenters. The van der Waals surface area contributed by atoms with Gasteiger partial charge in [-0.05, 0) is 50.1 Å². The van der Waals surface area contributed by atoms with Gasteiger partial charge in [-0.1, -0.05) is 18.6 Å². The Morgan fingerprint density at radius 2 is 1.78 bits per heavy atom. The Balaban J connectivity index is 1.69. The van der Waals surface area contributed by atoms with Crippen molar-refractivity contribution in [3.8, 4) is 17.2 Å². The average molecular weight is 463 g/mol. The third kappa shape index (κ3) is 5.34. The van der Waals surface area contributed by atoms with Crippen LogP contribution in [0.25, 0.3) is 0 Å². The highest BCUT2D eigenvalue weighted by atomic mass is 32.2. The Bertz CT molecular complexity index is 1040. The zero-order valence-electron chi connectivity index (χ0n) is 18.7. The first-order chi connectivity index (χ1) is 15.4. The number of piperidine rings is 1. The lowest BCUT2D eigenvalue weighted by Crippen LogP contribution is -2.42. The zero-order valence-corrected chi connectivity index (χ0v) is 19.5. The Labute approximate surface area is 189 Å². The number of hydrogen-bond acceptors (Lipinski definition) is 6. The smallest absolute Gasteiger partial charge is 0.251 e. The van der Waals surface area contributed by atoms with Gasteiger partial charge in [0.05, 0.1) is 20.8 Å². The first-order valence-corrected chi connectivity index (χ1v) is 12.1. The number of para-hydroxylation sites is 2. The lowest BCUT2D eigenvalue weighted by atomic mass is 10.1. The van der Waals surface area contributed by atoms with Crippen LogP contribution in [0.1, 0.15) is 36.5 Å². The molecule has 1 unspecified atom stereocenters. The Hall–Kier alpha value is -2.78. The summed E-state index contributed by atoms with van der Waals surface area (Å²) >= 11 is 0. The molecule has 8 nitrogen and oxygen atoms in total. The number of carbonyl (C=O) groups excluding carboxylic acids is 1. The molecule has 174 valence electrons. The SMILES string of the molecule is COc1ccccc1OCCNC(=O)c1ccc(OC)c(S(=O)(=O)N2CCCCC2C)c1. The molecule has 1 amide bonds. The van der Waals surface area contributed by atoms with Crippen LogP contribution in [-0.2, 0) is 10.0 Å². The molecule has 32 heavy (non-hydrogen) atoms. The van der Waals surface area contributed by atoms with Gasteiger partial charge in [-0.15, -0.1) is 0 Å². The van der Waals surface area contributed by atoms with Crippen LogP contribution in [0.5, 0.6) is 17.2 Å². The highest BCUT2D eigenvalue weighted by molar-refractivity contribution is 7.89. The molecule has 1 aliphatic heterocycles. The van der Waals surface area contributed by atoms with E-state index in [-0.39, 0.29) is 41.3 Å². The Kier molecular flexibility index (Phi) is 7.98. The van der Waals surface area contributed by atoms with E-state index in [1.165, 1.54) is 23.5 Å². The molecular weight excluding hydrogens is 432 g/mol. The van der Waals surface area contributed by atoms with Crippen LogP contribution in [0.4, 0.5) is 0 Å².